The van der Waals surface area contributed by atoms with E-state index < -0.39 is 0 Å². The fraction of sp³-hybridized carbons (Fsp3) is 0. The minimum absolute atomic E-state index is 0.406. The Morgan fingerprint density at radius 1 is 0.414 bits per heavy atom. The summed E-state index contributed by atoms with van der Waals surface area (Å²) in [6, 6.07) is 74.0. The molecule has 11 rings (SSSR count). The molecule has 8 nitrogen and oxygen atoms in total. The molecule has 0 N–H and O–H groups in total. The third kappa shape index (κ3) is 7.63. The second-order valence-electron chi connectivity index (χ2n) is 16.5. The van der Waals surface area contributed by atoms with E-state index in [0.717, 1.165) is 61.1 Å². The van der Waals surface area contributed by atoms with Gasteiger partial charge in [-0.1, -0.05) is 152 Å². The van der Waals surface area contributed by atoms with Gasteiger partial charge in [0.05, 0.1) is 59.5 Å². The lowest BCUT2D eigenvalue weighted by atomic mass is 9.95. The Balaban J connectivity index is 0.935. The molecular weight excluding hydrogens is 857 g/mol. The number of nitrogens with zero attached hydrogens (tertiary/aromatic N) is 8. The van der Waals surface area contributed by atoms with Gasteiger partial charge in [0.1, 0.15) is 5.82 Å². The van der Waals surface area contributed by atoms with Crippen molar-refractivity contribution in [2.24, 2.45) is 0 Å². The SMILES string of the molecule is [C-]#[N+]c1ccccc1-c1cc(-c2ccc(-c3ccc(-c4cc([N+]#[C-])c(-n5c6ccccc6c6cc(N(c7ccccc7)c7ccccc7)ccc65)cc4C#N)cc3)cc2)nc(-c2ccccc2[N+]#[C-])n1. The molecule has 0 aliphatic heterocycles. The number of anilines is 3. The molecule has 0 atom stereocenters. The van der Waals surface area contributed by atoms with Gasteiger partial charge in [0.15, 0.2) is 11.4 Å². The van der Waals surface area contributed by atoms with Crippen molar-refractivity contribution in [3.63, 3.8) is 0 Å². The minimum atomic E-state index is 0.406. The molecule has 0 fully saturated rings. The minimum Gasteiger partial charge on any atom is -0.319 e. The molecule has 0 amide bonds. The van der Waals surface area contributed by atoms with Crippen molar-refractivity contribution >= 4 is 55.9 Å². The number of hydrogen-bond donors (Lipinski definition) is 0. The zero-order chi connectivity index (χ0) is 47.6. The van der Waals surface area contributed by atoms with Gasteiger partial charge in [-0.25, -0.2) is 24.5 Å². The molecule has 2 heterocycles. The lowest BCUT2D eigenvalue weighted by Gasteiger charge is -2.25. The van der Waals surface area contributed by atoms with Crippen LogP contribution in [0.25, 0.3) is 98.2 Å². The van der Waals surface area contributed by atoms with Crippen LogP contribution in [0, 0.1) is 31.0 Å². The fourth-order valence-corrected chi connectivity index (χ4v) is 9.21. The maximum absolute atomic E-state index is 10.7. The highest BCUT2D eigenvalue weighted by Gasteiger charge is 2.21. The molecule has 0 aliphatic carbocycles. The van der Waals surface area contributed by atoms with Gasteiger partial charge in [-0.05, 0) is 89.0 Å². The van der Waals surface area contributed by atoms with Crippen LogP contribution in [0.2, 0.25) is 0 Å². The molecule has 324 valence electrons. The number of fused-ring (bicyclic) bond motifs is 3. The van der Waals surface area contributed by atoms with E-state index in [9.17, 15) is 5.26 Å². The van der Waals surface area contributed by atoms with Crippen LogP contribution in [0.5, 0.6) is 0 Å². The first-order valence-electron chi connectivity index (χ1n) is 22.5. The smallest absolute Gasteiger partial charge is 0.211 e. The van der Waals surface area contributed by atoms with Crippen LogP contribution < -0.4 is 4.90 Å². The predicted octanol–water partition coefficient (Wildman–Crippen LogP) is 16.9. The van der Waals surface area contributed by atoms with Crippen molar-refractivity contribution < 1.29 is 0 Å². The summed E-state index contributed by atoms with van der Waals surface area (Å²) in [7, 11) is 0. The van der Waals surface area contributed by atoms with Crippen LogP contribution in [-0.2, 0) is 0 Å². The van der Waals surface area contributed by atoms with Crippen molar-refractivity contribution in [1.29, 1.82) is 5.26 Å². The molecule has 11 aromatic rings. The second-order valence-corrected chi connectivity index (χ2v) is 16.5. The Labute approximate surface area is 405 Å². The summed E-state index contributed by atoms with van der Waals surface area (Å²) in [5.41, 5.74) is 14.3. The predicted molar refractivity (Wildman–Crippen MR) is 282 cm³/mol. The van der Waals surface area contributed by atoms with Crippen molar-refractivity contribution in [1.82, 2.24) is 14.5 Å². The topological polar surface area (TPSA) is 70.8 Å². The lowest BCUT2D eigenvalue weighted by Crippen LogP contribution is -2.09. The van der Waals surface area contributed by atoms with E-state index in [1.54, 1.807) is 12.1 Å². The van der Waals surface area contributed by atoms with E-state index in [1.807, 2.05) is 152 Å². The van der Waals surface area contributed by atoms with E-state index in [0.29, 0.717) is 62.2 Å². The first-order valence-corrected chi connectivity index (χ1v) is 22.5. The quantitative estimate of drug-likeness (QED) is 0.135. The molecule has 0 spiro atoms. The number of hydrogen-bond acceptors (Lipinski definition) is 4. The van der Waals surface area contributed by atoms with Gasteiger partial charge in [-0.15, -0.1) is 0 Å². The van der Waals surface area contributed by atoms with E-state index in [-0.39, 0.29) is 0 Å². The highest BCUT2D eigenvalue weighted by molar-refractivity contribution is 6.11. The number of benzene rings is 9. The van der Waals surface area contributed by atoms with Crippen LogP contribution in [0.1, 0.15) is 5.56 Å². The summed E-state index contributed by atoms with van der Waals surface area (Å²) in [4.78, 5) is 23.6. The van der Waals surface area contributed by atoms with Gasteiger partial charge in [0, 0.05) is 44.5 Å². The van der Waals surface area contributed by atoms with E-state index in [2.05, 4.69) is 84.7 Å². The number of para-hydroxylation sites is 5. The molecular formula is C62H36N8. The van der Waals surface area contributed by atoms with Gasteiger partial charge in [-0.2, -0.15) is 5.26 Å². The summed E-state index contributed by atoms with van der Waals surface area (Å²) < 4.78 is 2.11. The van der Waals surface area contributed by atoms with Gasteiger partial charge in [0.2, 0.25) is 5.69 Å². The monoisotopic (exact) mass is 892 g/mol. The zero-order valence-corrected chi connectivity index (χ0v) is 37.4. The normalized spacial score (nSPS) is 10.8. The first kappa shape index (κ1) is 42.3. The van der Waals surface area contributed by atoms with Gasteiger partial charge < -0.3 is 9.47 Å². The Hall–Kier alpha value is -10.4. The molecule has 9 aromatic carbocycles. The largest absolute Gasteiger partial charge is 0.319 e. The first-order chi connectivity index (χ1) is 34.5. The number of rotatable bonds is 9. The maximum atomic E-state index is 10.7. The molecule has 0 saturated carbocycles. The van der Waals surface area contributed by atoms with Gasteiger partial charge in [-0.3, -0.25) is 0 Å². The average Bonchev–Trinajstić information content (AvgIpc) is 3.76. The summed E-state index contributed by atoms with van der Waals surface area (Å²) in [5.74, 6) is 0.406. The Bertz CT molecular complexity index is 3860. The van der Waals surface area contributed by atoms with E-state index >= 15 is 0 Å². The van der Waals surface area contributed by atoms with Crippen LogP contribution in [0.4, 0.5) is 34.1 Å². The third-order valence-corrected chi connectivity index (χ3v) is 12.5. The molecule has 8 heteroatoms. The molecule has 0 bridgehead atoms. The van der Waals surface area contributed by atoms with Crippen molar-refractivity contribution in [2.45, 2.75) is 0 Å². The molecule has 2 aromatic heterocycles. The van der Waals surface area contributed by atoms with Crippen molar-refractivity contribution in [3.05, 3.63) is 258 Å². The molecule has 0 aliphatic rings. The van der Waals surface area contributed by atoms with Gasteiger partial charge in [0.25, 0.3) is 0 Å². The Morgan fingerprint density at radius 3 is 1.59 bits per heavy atom. The maximum Gasteiger partial charge on any atom is 0.211 e. The van der Waals surface area contributed by atoms with E-state index in [1.165, 1.54) is 0 Å². The molecule has 0 saturated heterocycles. The van der Waals surface area contributed by atoms with Crippen LogP contribution in [0.15, 0.2) is 218 Å². The van der Waals surface area contributed by atoms with Gasteiger partial charge >= 0.3 is 0 Å². The zero-order valence-electron chi connectivity index (χ0n) is 37.4. The Kier molecular flexibility index (Phi) is 10.9. The summed E-state index contributed by atoms with van der Waals surface area (Å²) in [5, 5.41) is 12.8. The van der Waals surface area contributed by atoms with Crippen molar-refractivity contribution in [2.75, 3.05) is 4.90 Å². The summed E-state index contributed by atoms with van der Waals surface area (Å²) >= 11 is 0. The fourth-order valence-electron chi connectivity index (χ4n) is 9.21. The van der Waals surface area contributed by atoms with Crippen LogP contribution in [-0.4, -0.2) is 14.5 Å². The summed E-state index contributed by atoms with van der Waals surface area (Å²) in [6.07, 6.45) is 0. The standard InChI is InChI=1S/C62H36N8/c1-64-54-23-13-10-21-50(54)57-39-56(67-62(68-57)51-22-11-14-24-55(51)65-2)44-32-28-42(29-33-44)41-26-30-43(31-27-41)52-38-58(66-3)61(36-45(52)40-63)70-59-25-15-12-20-49(59)53-37-48(34-35-60(53)70)69(46-16-6-4-7-17-46)47-18-8-5-9-19-47/h4-39H. The number of nitriles is 1. The molecule has 0 radical (unpaired) electrons. The highest BCUT2D eigenvalue weighted by Crippen LogP contribution is 2.43. The summed E-state index contributed by atoms with van der Waals surface area (Å²) in [6.45, 7) is 24.0. The lowest BCUT2D eigenvalue weighted by molar-refractivity contribution is 1.18. The van der Waals surface area contributed by atoms with Crippen LogP contribution >= 0.6 is 0 Å². The molecule has 0 unspecified atom stereocenters. The van der Waals surface area contributed by atoms with Crippen molar-refractivity contribution in [3.8, 4) is 67.9 Å². The van der Waals surface area contributed by atoms with E-state index in [4.69, 9.17) is 29.7 Å². The Morgan fingerprint density at radius 2 is 0.943 bits per heavy atom. The molecule has 70 heavy (non-hydrogen) atoms. The highest BCUT2D eigenvalue weighted by atomic mass is 15.1. The van der Waals surface area contributed by atoms with Crippen LogP contribution in [0.3, 0.4) is 0 Å². The average molecular weight is 893 g/mol. The second kappa shape index (κ2) is 18.1. The number of aromatic nitrogens is 3. The third-order valence-electron chi connectivity index (χ3n) is 12.5.